The fraction of sp³-hybridized carbons (Fsp3) is 0.364. The van der Waals surface area contributed by atoms with Crippen molar-refractivity contribution >= 4 is 17.2 Å². The monoisotopic (exact) mass is 429 g/mol. The van der Waals surface area contributed by atoms with E-state index in [1.54, 1.807) is 12.1 Å². The van der Waals surface area contributed by atoms with Gasteiger partial charge in [0.25, 0.3) is 0 Å². The number of hydrogen-bond donors (Lipinski definition) is 1. The Kier molecular flexibility index (Phi) is 6.43. The molecule has 9 heteroatoms. The van der Waals surface area contributed by atoms with Gasteiger partial charge in [0.15, 0.2) is 0 Å². The molecule has 1 aliphatic heterocycles. The molecular weight excluding hydrogens is 404 g/mol. The highest BCUT2D eigenvalue weighted by molar-refractivity contribution is 5.94. The number of ether oxygens (including phenoxy) is 1. The van der Waals surface area contributed by atoms with Crippen molar-refractivity contribution in [2.75, 3.05) is 31.5 Å². The molecule has 1 aromatic carbocycles. The summed E-state index contributed by atoms with van der Waals surface area (Å²) in [4.78, 5) is 21.7. The van der Waals surface area contributed by atoms with Crippen LogP contribution in [0.5, 0.6) is 5.75 Å². The van der Waals surface area contributed by atoms with Crippen LogP contribution in [0.25, 0.3) is 5.65 Å². The van der Waals surface area contributed by atoms with E-state index in [4.69, 9.17) is 0 Å². The number of rotatable bonds is 7. The summed E-state index contributed by atoms with van der Waals surface area (Å²) in [6.45, 7) is 3.06. The van der Waals surface area contributed by atoms with Crippen LogP contribution in [0.15, 0.2) is 54.9 Å². The van der Waals surface area contributed by atoms with Gasteiger partial charge in [0.1, 0.15) is 11.4 Å². The SMILES string of the molecule is C[C@H](C(=O)Nc1ccc(OC(F)F)cc1)N1CCN(Cc2cn3ccccc3n2)CC1. The first-order chi connectivity index (χ1) is 15.0. The molecule has 0 unspecified atom stereocenters. The molecule has 31 heavy (non-hydrogen) atoms. The van der Waals surface area contributed by atoms with E-state index in [0.29, 0.717) is 5.69 Å². The van der Waals surface area contributed by atoms with Gasteiger partial charge in [-0.2, -0.15) is 8.78 Å². The highest BCUT2D eigenvalue weighted by atomic mass is 19.3. The van der Waals surface area contributed by atoms with Crippen LogP contribution in [0.3, 0.4) is 0 Å². The van der Waals surface area contributed by atoms with Gasteiger partial charge in [0, 0.05) is 50.8 Å². The predicted molar refractivity (Wildman–Crippen MR) is 113 cm³/mol. The van der Waals surface area contributed by atoms with Crippen LogP contribution in [0.4, 0.5) is 14.5 Å². The number of halogens is 2. The van der Waals surface area contributed by atoms with E-state index in [2.05, 4.69) is 31.0 Å². The molecule has 0 spiro atoms. The summed E-state index contributed by atoms with van der Waals surface area (Å²) < 4.78 is 30.8. The highest BCUT2D eigenvalue weighted by Gasteiger charge is 2.26. The summed E-state index contributed by atoms with van der Waals surface area (Å²) in [5.41, 5.74) is 2.52. The Morgan fingerprint density at radius 3 is 2.55 bits per heavy atom. The topological polar surface area (TPSA) is 62.1 Å². The quantitative estimate of drug-likeness (QED) is 0.626. The Balaban J connectivity index is 1.26. The fourth-order valence-corrected chi connectivity index (χ4v) is 3.73. The number of piperazine rings is 1. The van der Waals surface area contributed by atoms with E-state index in [0.717, 1.165) is 44.1 Å². The molecule has 3 heterocycles. The molecule has 0 aliphatic carbocycles. The van der Waals surface area contributed by atoms with Crippen LogP contribution >= 0.6 is 0 Å². The molecule has 3 aromatic rings. The molecule has 1 aliphatic rings. The third-order valence-electron chi connectivity index (χ3n) is 5.48. The number of pyridine rings is 1. The number of benzene rings is 1. The van der Waals surface area contributed by atoms with Gasteiger partial charge < -0.3 is 14.5 Å². The summed E-state index contributed by atoms with van der Waals surface area (Å²) in [5.74, 6) is -0.0703. The third kappa shape index (κ3) is 5.36. The molecule has 0 saturated carbocycles. The van der Waals surface area contributed by atoms with Crippen molar-refractivity contribution in [2.45, 2.75) is 26.1 Å². The molecule has 4 rings (SSSR count). The first-order valence-electron chi connectivity index (χ1n) is 10.2. The lowest BCUT2D eigenvalue weighted by Gasteiger charge is -2.37. The first-order valence-corrected chi connectivity index (χ1v) is 10.2. The van der Waals surface area contributed by atoms with Crippen molar-refractivity contribution in [1.82, 2.24) is 19.2 Å². The molecule has 1 fully saturated rings. The first kappa shape index (κ1) is 21.2. The predicted octanol–water partition coefficient (Wildman–Crippen LogP) is 3.08. The number of carbonyl (C=O) groups is 1. The Labute approximate surface area is 179 Å². The lowest BCUT2D eigenvalue weighted by Crippen LogP contribution is -2.52. The number of carbonyl (C=O) groups excluding carboxylic acids is 1. The van der Waals surface area contributed by atoms with Gasteiger partial charge in [0.2, 0.25) is 5.91 Å². The maximum atomic E-state index is 12.6. The van der Waals surface area contributed by atoms with Gasteiger partial charge >= 0.3 is 6.61 Å². The highest BCUT2D eigenvalue weighted by Crippen LogP contribution is 2.18. The summed E-state index contributed by atoms with van der Waals surface area (Å²) in [7, 11) is 0. The van der Waals surface area contributed by atoms with E-state index in [1.807, 2.05) is 35.7 Å². The van der Waals surface area contributed by atoms with Crippen LogP contribution in [0, 0.1) is 0 Å². The van der Waals surface area contributed by atoms with Crippen molar-refractivity contribution in [1.29, 1.82) is 0 Å². The van der Waals surface area contributed by atoms with Gasteiger partial charge in [-0.15, -0.1) is 0 Å². The molecular formula is C22H25F2N5O2. The molecule has 1 atom stereocenters. The van der Waals surface area contributed by atoms with Crippen molar-refractivity contribution in [3.63, 3.8) is 0 Å². The summed E-state index contributed by atoms with van der Waals surface area (Å²) >= 11 is 0. The van der Waals surface area contributed by atoms with Crippen molar-refractivity contribution in [3.8, 4) is 5.75 Å². The Morgan fingerprint density at radius 2 is 1.87 bits per heavy atom. The van der Waals surface area contributed by atoms with Gasteiger partial charge in [-0.05, 0) is 43.3 Å². The number of fused-ring (bicyclic) bond motifs is 1. The molecule has 7 nitrogen and oxygen atoms in total. The second-order valence-corrected chi connectivity index (χ2v) is 7.58. The van der Waals surface area contributed by atoms with Crippen LogP contribution < -0.4 is 10.1 Å². The Bertz CT molecular complexity index is 983. The largest absolute Gasteiger partial charge is 0.435 e. The molecule has 0 bridgehead atoms. The second-order valence-electron chi connectivity index (χ2n) is 7.58. The Morgan fingerprint density at radius 1 is 1.13 bits per heavy atom. The van der Waals surface area contributed by atoms with E-state index < -0.39 is 6.61 Å². The number of aromatic nitrogens is 2. The lowest BCUT2D eigenvalue weighted by atomic mass is 10.2. The van der Waals surface area contributed by atoms with Crippen molar-refractivity contribution in [2.24, 2.45) is 0 Å². The standard InChI is InChI=1S/C22H25F2N5O2/c1-16(21(30)26-17-5-7-19(8-6-17)31-22(23)24)28-12-10-27(11-13-28)14-18-15-29-9-3-2-4-20(29)25-18/h2-9,15-16,22H,10-14H2,1H3,(H,26,30)/t16-/m1/s1. The van der Waals surface area contributed by atoms with E-state index in [9.17, 15) is 13.6 Å². The maximum absolute atomic E-state index is 12.6. The van der Waals surface area contributed by atoms with Crippen LogP contribution in [0.1, 0.15) is 12.6 Å². The summed E-state index contributed by atoms with van der Waals surface area (Å²) in [5, 5.41) is 2.84. The lowest BCUT2D eigenvalue weighted by molar-refractivity contribution is -0.121. The number of hydrogen-bond acceptors (Lipinski definition) is 5. The molecule has 164 valence electrons. The minimum absolute atomic E-state index is 0.0581. The second kappa shape index (κ2) is 9.40. The van der Waals surface area contributed by atoms with Crippen molar-refractivity contribution in [3.05, 3.63) is 60.6 Å². The molecule has 2 aromatic heterocycles. The fourth-order valence-electron chi connectivity index (χ4n) is 3.73. The molecule has 1 N–H and O–H groups in total. The number of anilines is 1. The van der Waals surface area contributed by atoms with Gasteiger partial charge in [-0.3, -0.25) is 14.6 Å². The van der Waals surface area contributed by atoms with Crippen LogP contribution in [-0.4, -0.2) is 63.9 Å². The minimum Gasteiger partial charge on any atom is -0.435 e. The van der Waals surface area contributed by atoms with Gasteiger partial charge in [0.05, 0.1) is 11.7 Å². The average Bonchev–Trinajstić information content (AvgIpc) is 3.17. The Hall–Kier alpha value is -3.04. The summed E-state index contributed by atoms with van der Waals surface area (Å²) in [6, 6.07) is 11.6. The number of nitrogens with one attached hydrogen (secondary N) is 1. The van der Waals surface area contributed by atoms with E-state index >= 15 is 0 Å². The zero-order valence-electron chi connectivity index (χ0n) is 17.2. The number of alkyl halides is 2. The molecule has 1 saturated heterocycles. The zero-order valence-corrected chi connectivity index (χ0v) is 17.2. The van der Waals surface area contributed by atoms with Crippen LogP contribution in [-0.2, 0) is 11.3 Å². The maximum Gasteiger partial charge on any atom is 0.387 e. The molecule has 0 radical (unpaired) electrons. The van der Waals surface area contributed by atoms with Crippen LogP contribution in [0.2, 0.25) is 0 Å². The van der Waals surface area contributed by atoms with Gasteiger partial charge in [-0.1, -0.05) is 6.07 Å². The smallest absolute Gasteiger partial charge is 0.387 e. The van der Waals surface area contributed by atoms with E-state index in [1.165, 1.54) is 12.1 Å². The average molecular weight is 429 g/mol. The number of nitrogens with zero attached hydrogens (tertiary/aromatic N) is 4. The zero-order chi connectivity index (χ0) is 21.8. The van der Waals surface area contributed by atoms with Gasteiger partial charge in [-0.25, -0.2) is 4.98 Å². The molecule has 1 amide bonds. The normalized spacial score (nSPS) is 16.5. The van der Waals surface area contributed by atoms with E-state index in [-0.39, 0.29) is 17.7 Å². The summed E-state index contributed by atoms with van der Waals surface area (Å²) in [6.07, 6.45) is 4.04. The third-order valence-corrected chi connectivity index (χ3v) is 5.48. The number of amides is 1. The number of imidazole rings is 1. The van der Waals surface area contributed by atoms with Crippen molar-refractivity contribution < 1.29 is 18.3 Å². The minimum atomic E-state index is -2.87.